The Morgan fingerprint density at radius 2 is 1.65 bits per heavy atom. The van der Waals surface area contributed by atoms with E-state index in [2.05, 4.69) is 32.0 Å². The van der Waals surface area contributed by atoms with Gasteiger partial charge in [-0.05, 0) is 58.0 Å². The maximum atomic E-state index is 11.3. The highest BCUT2D eigenvalue weighted by Gasteiger charge is 2.29. The summed E-state index contributed by atoms with van der Waals surface area (Å²) in [6, 6.07) is 13.7. The fourth-order valence-corrected chi connectivity index (χ4v) is 4.21. The van der Waals surface area contributed by atoms with E-state index in [0.29, 0.717) is 0 Å². The molecular formula is C20H19NO2. The van der Waals surface area contributed by atoms with Gasteiger partial charge in [0.05, 0.1) is 10.3 Å². The summed E-state index contributed by atoms with van der Waals surface area (Å²) in [5.41, 5.74) is 3.19. The molecule has 0 spiro atoms. The van der Waals surface area contributed by atoms with Crippen molar-refractivity contribution in [2.75, 3.05) is 0 Å². The summed E-state index contributed by atoms with van der Waals surface area (Å²) in [7, 11) is 0. The van der Waals surface area contributed by atoms with Crippen LogP contribution in [0.2, 0.25) is 0 Å². The van der Waals surface area contributed by atoms with Crippen molar-refractivity contribution in [1.82, 2.24) is 0 Å². The second-order valence-electron chi connectivity index (χ2n) is 7.13. The zero-order valence-corrected chi connectivity index (χ0v) is 13.4. The molecular weight excluding hydrogens is 286 g/mol. The minimum atomic E-state index is -0.295. The molecule has 116 valence electrons. The van der Waals surface area contributed by atoms with Gasteiger partial charge in [0, 0.05) is 6.07 Å². The lowest BCUT2D eigenvalue weighted by Crippen LogP contribution is -2.24. The van der Waals surface area contributed by atoms with Crippen LogP contribution in [-0.2, 0) is 11.8 Å². The molecule has 4 rings (SSSR count). The van der Waals surface area contributed by atoms with Gasteiger partial charge in [0.15, 0.2) is 0 Å². The zero-order chi connectivity index (χ0) is 16.2. The van der Waals surface area contributed by atoms with Gasteiger partial charge < -0.3 is 0 Å². The van der Waals surface area contributed by atoms with Crippen LogP contribution in [-0.4, -0.2) is 4.92 Å². The van der Waals surface area contributed by atoms with Crippen LogP contribution in [0.3, 0.4) is 0 Å². The Labute approximate surface area is 135 Å². The molecule has 0 atom stereocenters. The standard InChI is InChI=1S/C20H19NO2/c1-20(2)12-4-5-13-8-9-15-14-6-3-7-18(21(22)23)16(14)10-11-17(15)19(13)20/h3,6-11H,4-5,12H2,1-2H3. The minimum Gasteiger partial charge on any atom is -0.258 e. The number of hydrogen-bond acceptors (Lipinski definition) is 2. The van der Waals surface area contributed by atoms with E-state index in [0.717, 1.165) is 22.6 Å². The summed E-state index contributed by atoms with van der Waals surface area (Å²) in [6.07, 6.45) is 3.54. The van der Waals surface area contributed by atoms with Crippen molar-refractivity contribution in [2.45, 2.75) is 38.5 Å². The van der Waals surface area contributed by atoms with Gasteiger partial charge >= 0.3 is 0 Å². The van der Waals surface area contributed by atoms with E-state index < -0.39 is 0 Å². The average molecular weight is 305 g/mol. The molecule has 0 aliphatic heterocycles. The molecule has 0 radical (unpaired) electrons. The number of nitro groups is 1. The summed E-state index contributed by atoms with van der Waals surface area (Å²) in [6.45, 7) is 4.62. The molecule has 3 heteroatoms. The minimum absolute atomic E-state index is 0.154. The topological polar surface area (TPSA) is 43.1 Å². The van der Waals surface area contributed by atoms with E-state index in [1.54, 1.807) is 12.1 Å². The third-order valence-electron chi connectivity index (χ3n) is 5.24. The molecule has 0 unspecified atom stereocenters. The maximum Gasteiger partial charge on any atom is 0.277 e. The van der Waals surface area contributed by atoms with Crippen LogP contribution in [0.25, 0.3) is 21.5 Å². The van der Waals surface area contributed by atoms with E-state index >= 15 is 0 Å². The number of benzene rings is 3. The Balaban J connectivity index is 2.14. The third-order valence-corrected chi connectivity index (χ3v) is 5.24. The van der Waals surface area contributed by atoms with E-state index in [1.807, 2.05) is 12.1 Å². The first kappa shape index (κ1) is 14.2. The predicted octanol–water partition coefficient (Wildman–Crippen LogP) is 5.52. The van der Waals surface area contributed by atoms with Crippen molar-refractivity contribution in [3.05, 3.63) is 63.7 Å². The molecule has 0 saturated heterocycles. The van der Waals surface area contributed by atoms with Gasteiger partial charge in [-0.15, -0.1) is 0 Å². The molecule has 3 aromatic carbocycles. The molecule has 23 heavy (non-hydrogen) atoms. The van der Waals surface area contributed by atoms with Gasteiger partial charge in [0.1, 0.15) is 0 Å². The van der Waals surface area contributed by atoms with Crippen molar-refractivity contribution in [2.24, 2.45) is 0 Å². The summed E-state index contributed by atoms with van der Waals surface area (Å²) >= 11 is 0. The maximum absolute atomic E-state index is 11.3. The summed E-state index contributed by atoms with van der Waals surface area (Å²) in [5, 5.41) is 15.4. The van der Waals surface area contributed by atoms with Crippen LogP contribution >= 0.6 is 0 Å². The Morgan fingerprint density at radius 3 is 2.43 bits per heavy atom. The van der Waals surface area contributed by atoms with Crippen molar-refractivity contribution < 1.29 is 4.92 Å². The fourth-order valence-electron chi connectivity index (χ4n) is 4.21. The average Bonchev–Trinajstić information content (AvgIpc) is 2.52. The number of nitro benzene ring substituents is 1. The summed E-state index contributed by atoms with van der Waals surface area (Å²) < 4.78 is 0. The second-order valence-corrected chi connectivity index (χ2v) is 7.13. The second kappa shape index (κ2) is 4.79. The van der Waals surface area contributed by atoms with Crippen LogP contribution in [0.1, 0.15) is 37.8 Å². The number of rotatable bonds is 1. The Hall–Kier alpha value is -2.42. The Bertz CT molecular complexity index is 957. The van der Waals surface area contributed by atoms with Gasteiger partial charge in [0.25, 0.3) is 5.69 Å². The fraction of sp³-hybridized carbons (Fsp3) is 0.300. The van der Waals surface area contributed by atoms with Crippen LogP contribution in [0.4, 0.5) is 5.69 Å². The van der Waals surface area contributed by atoms with E-state index in [9.17, 15) is 10.1 Å². The molecule has 0 amide bonds. The normalized spacial score (nSPS) is 16.4. The molecule has 1 aliphatic rings. The molecule has 0 fully saturated rings. The SMILES string of the molecule is CC1(C)CCCc2ccc3c(ccc4c([N+](=O)[O-])cccc43)c21. The lowest BCUT2D eigenvalue weighted by molar-refractivity contribution is -0.383. The number of non-ortho nitro benzene ring substituents is 1. The van der Waals surface area contributed by atoms with Crippen LogP contribution in [0, 0.1) is 10.1 Å². The van der Waals surface area contributed by atoms with Gasteiger partial charge in [-0.25, -0.2) is 0 Å². The van der Waals surface area contributed by atoms with E-state index in [4.69, 9.17) is 0 Å². The monoisotopic (exact) mass is 305 g/mol. The Morgan fingerprint density at radius 1 is 0.957 bits per heavy atom. The molecule has 0 heterocycles. The first-order valence-corrected chi connectivity index (χ1v) is 8.11. The highest BCUT2D eigenvalue weighted by Crippen LogP contribution is 2.43. The largest absolute Gasteiger partial charge is 0.277 e. The molecule has 0 saturated carbocycles. The van der Waals surface area contributed by atoms with Gasteiger partial charge in [-0.2, -0.15) is 0 Å². The molecule has 1 aliphatic carbocycles. The Kier molecular flexibility index (Phi) is 2.95. The lowest BCUT2D eigenvalue weighted by atomic mass is 9.70. The highest BCUT2D eigenvalue weighted by atomic mass is 16.6. The first-order chi connectivity index (χ1) is 11.0. The van der Waals surface area contributed by atoms with Gasteiger partial charge in [-0.1, -0.05) is 44.2 Å². The number of aryl methyl sites for hydroxylation is 1. The molecule has 0 bridgehead atoms. The van der Waals surface area contributed by atoms with Crippen molar-refractivity contribution in [1.29, 1.82) is 0 Å². The van der Waals surface area contributed by atoms with Crippen molar-refractivity contribution in [3.8, 4) is 0 Å². The number of fused-ring (bicyclic) bond motifs is 5. The van der Waals surface area contributed by atoms with Crippen LogP contribution in [0.15, 0.2) is 42.5 Å². The number of hydrogen-bond donors (Lipinski definition) is 0. The smallest absolute Gasteiger partial charge is 0.258 e. The summed E-state index contributed by atoms with van der Waals surface area (Å²) in [4.78, 5) is 11.0. The predicted molar refractivity (Wildman–Crippen MR) is 94.1 cm³/mol. The van der Waals surface area contributed by atoms with Gasteiger partial charge in [-0.3, -0.25) is 10.1 Å². The quantitative estimate of drug-likeness (QED) is 0.338. The zero-order valence-electron chi connectivity index (χ0n) is 13.4. The van der Waals surface area contributed by atoms with Crippen LogP contribution < -0.4 is 0 Å². The van der Waals surface area contributed by atoms with Crippen molar-refractivity contribution in [3.63, 3.8) is 0 Å². The highest BCUT2D eigenvalue weighted by molar-refractivity contribution is 6.11. The van der Waals surface area contributed by atoms with E-state index in [1.165, 1.54) is 29.4 Å². The molecule has 0 N–H and O–H groups in total. The van der Waals surface area contributed by atoms with E-state index in [-0.39, 0.29) is 16.0 Å². The molecule has 3 nitrogen and oxygen atoms in total. The first-order valence-electron chi connectivity index (χ1n) is 8.11. The third kappa shape index (κ3) is 2.03. The molecule has 3 aromatic rings. The lowest BCUT2D eigenvalue weighted by Gasteiger charge is -2.34. The summed E-state index contributed by atoms with van der Waals surface area (Å²) in [5.74, 6) is 0. The molecule has 0 aromatic heterocycles. The van der Waals surface area contributed by atoms with Crippen molar-refractivity contribution >= 4 is 27.2 Å². The number of nitrogens with zero attached hydrogens (tertiary/aromatic N) is 1. The van der Waals surface area contributed by atoms with Crippen LogP contribution in [0.5, 0.6) is 0 Å². The van der Waals surface area contributed by atoms with Gasteiger partial charge in [0.2, 0.25) is 0 Å².